The summed E-state index contributed by atoms with van der Waals surface area (Å²) in [6.07, 6.45) is -9.28. The van der Waals surface area contributed by atoms with Gasteiger partial charge >= 0.3 is 0 Å². The van der Waals surface area contributed by atoms with Crippen LogP contribution in [0, 0.1) is 0 Å². The molecule has 17 unspecified atom stereocenters. The maximum Gasteiger partial charge on any atom is 0.220 e. The first-order valence-electron chi connectivity index (χ1n) is 21.4. The molecule has 3 rings (SSSR count). The Bertz CT molecular complexity index is 1170. The number of hydrogen-bond donors (Lipinski definition) is 12. The van der Waals surface area contributed by atoms with Crippen molar-refractivity contribution < 1.29 is 89.4 Å². The number of aliphatic hydroxyl groups excluding tert-OH is 11. The van der Waals surface area contributed by atoms with Crippen molar-refractivity contribution in [3.63, 3.8) is 0 Å². The van der Waals surface area contributed by atoms with Gasteiger partial charge in [-0.3, -0.25) is 4.79 Å². The van der Waals surface area contributed by atoms with Crippen LogP contribution in [0.1, 0.15) is 104 Å². The maximum absolute atomic E-state index is 12.8. The molecule has 346 valence electrons. The molecule has 19 heteroatoms. The first-order valence-corrected chi connectivity index (χ1v) is 21.4. The third-order valence-electron chi connectivity index (χ3n) is 11.1. The van der Waals surface area contributed by atoms with E-state index in [1.54, 1.807) is 6.08 Å². The van der Waals surface area contributed by atoms with E-state index in [2.05, 4.69) is 12.2 Å². The zero-order chi connectivity index (χ0) is 43.5. The average Bonchev–Trinajstić information content (AvgIpc) is 3.23. The minimum atomic E-state index is -1.97. The fourth-order valence-electron chi connectivity index (χ4n) is 7.36. The summed E-state index contributed by atoms with van der Waals surface area (Å²) in [5.41, 5.74) is 0. The van der Waals surface area contributed by atoms with Gasteiger partial charge in [0.25, 0.3) is 0 Å². The van der Waals surface area contributed by atoms with E-state index in [1.807, 2.05) is 13.0 Å². The molecule has 0 aromatic heterocycles. The molecule has 0 aromatic rings. The summed E-state index contributed by atoms with van der Waals surface area (Å²) in [5, 5.41) is 118. The van der Waals surface area contributed by atoms with E-state index in [0.717, 1.165) is 38.5 Å². The van der Waals surface area contributed by atoms with Crippen molar-refractivity contribution in [1.29, 1.82) is 0 Å². The molecule has 59 heavy (non-hydrogen) atoms. The lowest BCUT2D eigenvalue weighted by atomic mass is 9.96. The largest absolute Gasteiger partial charge is 0.394 e. The summed E-state index contributed by atoms with van der Waals surface area (Å²) in [7, 11) is 0. The molecule has 3 heterocycles. The van der Waals surface area contributed by atoms with Gasteiger partial charge in [0.15, 0.2) is 18.9 Å². The highest BCUT2D eigenvalue weighted by Gasteiger charge is 2.53. The molecule has 3 saturated heterocycles. The summed E-state index contributed by atoms with van der Waals surface area (Å²) < 4.78 is 33.8. The van der Waals surface area contributed by atoms with Gasteiger partial charge in [0.1, 0.15) is 73.2 Å². The van der Waals surface area contributed by atoms with Crippen LogP contribution in [0.3, 0.4) is 0 Å². The van der Waals surface area contributed by atoms with E-state index in [1.165, 1.54) is 38.5 Å². The van der Waals surface area contributed by atoms with E-state index < -0.39 is 124 Å². The summed E-state index contributed by atoms with van der Waals surface area (Å²) >= 11 is 0. The molecule has 0 aromatic carbocycles. The zero-order valence-corrected chi connectivity index (χ0v) is 34.5. The fraction of sp³-hybridized carbons (Fsp3) is 0.925. The molecule has 19 nitrogen and oxygen atoms in total. The van der Waals surface area contributed by atoms with Gasteiger partial charge in [0, 0.05) is 6.42 Å². The summed E-state index contributed by atoms with van der Waals surface area (Å²) in [6, 6.07) is -0.959. The Morgan fingerprint density at radius 1 is 0.593 bits per heavy atom. The fourth-order valence-corrected chi connectivity index (χ4v) is 7.36. The Morgan fingerprint density at radius 2 is 1.05 bits per heavy atom. The molecule has 3 aliphatic rings. The van der Waals surface area contributed by atoms with Crippen LogP contribution in [0.5, 0.6) is 0 Å². The standard InChI is InChI=1S/C40H73NO18/c1-3-5-7-8-9-10-11-12-13-14-16-17-24(45)23(41-28(46)18-15-6-4-2)22-54-38-34(52)31(49)36(26(20-43)56-38)59-40-35(53)32(50)37(27(21-44)57-40)58-39-33(51)30(48)29(47)25(19-42)55-39/h16-17,23-27,29-40,42-45,47-53H,3-15,18-22H2,1-2H3,(H,41,46)/b17-16+. The quantitative estimate of drug-likeness (QED) is 0.0326. The molecular weight excluding hydrogens is 782 g/mol. The highest BCUT2D eigenvalue weighted by molar-refractivity contribution is 5.76. The van der Waals surface area contributed by atoms with Gasteiger partial charge in [0.05, 0.1) is 38.6 Å². The number of carbonyl (C=O) groups excluding carboxylic acids is 1. The zero-order valence-electron chi connectivity index (χ0n) is 34.5. The van der Waals surface area contributed by atoms with Crippen LogP contribution < -0.4 is 5.32 Å². The molecule has 17 atom stereocenters. The van der Waals surface area contributed by atoms with Crippen molar-refractivity contribution in [3.05, 3.63) is 12.2 Å². The van der Waals surface area contributed by atoms with Gasteiger partial charge in [-0.1, -0.05) is 90.2 Å². The lowest BCUT2D eigenvalue weighted by Crippen LogP contribution is -2.66. The Kier molecular flexibility index (Phi) is 24.2. The molecule has 0 bridgehead atoms. The van der Waals surface area contributed by atoms with Gasteiger partial charge in [0.2, 0.25) is 5.91 Å². The van der Waals surface area contributed by atoms with E-state index in [-0.39, 0.29) is 18.9 Å². The van der Waals surface area contributed by atoms with Gasteiger partial charge in [-0.2, -0.15) is 0 Å². The number of nitrogens with one attached hydrogen (secondary N) is 1. The molecule has 12 N–H and O–H groups in total. The number of rotatable bonds is 27. The Hall–Kier alpha value is -1.47. The predicted molar refractivity (Wildman–Crippen MR) is 208 cm³/mol. The van der Waals surface area contributed by atoms with Crippen molar-refractivity contribution in [2.45, 2.75) is 208 Å². The number of carbonyl (C=O) groups is 1. The molecular formula is C40H73NO18. The van der Waals surface area contributed by atoms with Crippen LogP contribution in [-0.4, -0.2) is 193 Å². The third-order valence-corrected chi connectivity index (χ3v) is 11.1. The Labute approximate surface area is 346 Å². The Balaban J connectivity index is 1.60. The molecule has 0 spiro atoms. The summed E-state index contributed by atoms with van der Waals surface area (Å²) in [5.74, 6) is -0.305. The van der Waals surface area contributed by atoms with Crippen LogP contribution in [0.15, 0.2) is 12.2 Å². The first kappa shape index (κ1) is 51.9. The van der Waals surface area contributed by atoms with Gasteiger partial charge in [-0.25, -0.2) is 0 Å². The molecule has 0 aliphatic carbocycles. The molecule has 3 aliphatic heterocycles. The molecule has 1 amide bonds. The number of ether oxygens (including phenoxy) is 6. The maximum atomic E-state index is 12.8. The SMILES string of the molecule is CCCCCCCCCCC/C=C/C(O)C(COC1OC(CO)C(OC2OC(CO)C(OC3OC(CO)C(O)C(O)C3O)C(O)C2O)C(O)C1O)NC(=O)CCCCC. The second-order valence-electron chi connectivity index (χ2n) is 15.8. The number of hydrogen-bond acceptors (Lipinski definition) is 18. The lowest BCUT2D eigenvalue weighted by Gasteiger charge is -2.48. The second kappa shape index (κ2) is 27.6. The highest BCUT2D eigenvalue weighted by Crippen LogP contribution is 2.33. The number of aliphatic hydroxyl groups is 11. The normalized spacial score (nSPS) is 36.5. The topological polar surface area (TPSA) is 307 Å². The molecule has 0 radical (unpaired) electrons. The van der Waals surface area contributed by atoms with Crippen LogP contribution in [0.4, 0.5) is 0 Å². The second-order valence-corrected chi connectivity index (χ2v) is 15.8. The third kappa shape index (κ3) is 15.7. The number of amides is 1. The number of allylic oxidation sites excluding steroid dienone is 1. The molecule has 3 fully saturated rings. The first-order chi connectivity index (χ1) is 28.3. The van der Waals surface area contributed by atoms with Crippen molar-refractivity contribution in [2.75, 3.05) is 26.4 Å². The van der Waals surface area contributed by atoms with Crippen LogP contribution in [-0.2, 0) is 33.2 Å². The lowest BCUT2D eigenvalue weighted by molar-refractivity contribution is -0.379. The van der Waals surface area contributed by atoms with Crippen molar-refractivity contribution in [1.82, 2.24) is 5.32 Å². The van der Waals surface area contributed by atoms with Crippen LogP contribution >= 0.6 is 0 Å². The van der Waals surface area contributed by atoms with E-state index in [4.69, 9.17) is 28.4 Å². The van der Waals surface area contributed by atoms with Crippen molar-refractivity contribution in [2.24, 2.45) is 0 Å². The monoisotopic (exact) mass is 855 g/mol. The van der Waals surface area contributed by atoms with Crippen molar-refractivity contribution >= 4 is 5.91 Å². The number of unbranched alkanes of at least 4 members (excludes halogenated alkanes) is 11. The van der Waals surface area contributed by atoms with Crippen LogP contribution in [0.25, 0.3) is 0 Å². The minimum absolute atomic E-state index is 0.230. The summed E-state index contributed by atoms with van der Waals surface area (Å²) in [4.78, 5) is 12.8. The minimum Gasteiger partial charge on any atom is -0.394 e. The van der Waals surface area contributed by atoms with Crippen molar-refractivity contribution in [3.8, 4) is 0 Å². The molecule has 0 saturated carbocycles. The van der Waals surface area contributed by atoms with Gasteiger partial charge in [-0.15, -0.1) is 0 Å². The van der Waals surface area contributed by atoms with E-state index in [9.17, 15) is 61.0 Å². The average molecular weight is 856 g/mol. The van der Waals surface area contributed by atoms with E-state index >= 15 is 0 Å². The highest BCUT2D eigenvalue weighted by atomic mass is 16.8. The Morgan fingerprint density at radius 3 is 1.59 bits per heavy atom. The van der Waals surface area contributed by atoms with Gasteiger partial charge < -0.3 is 89.9 Å². The summed E-state index contributed by atoms with van der Waals surface area (Å²) in [6.45, 7) is 1.44. The smallest absolute Gasteiger partial charge is 0.220 e. The van der Waals surface area contributed by atoms with Gasteiger partial charge in [-0.05, 0) is 19.3 Å². The predicted octanol–water partition coefficient (Wildman–Crippen LogP) is -1.65. The van der Waals surface area contributed by atoms with Crippen LogP contribution in [0.2, 0.25) is 0 Å². The van der Waals surface area contributed by atoms with E-state index in [0.29, 0.717) is 6.42 Å².